The van der Waals surface area contributed by atoms with Crippen LogP contribution in [0.3, 0.4) is 0 Å². The number of nitrogens with one attached hydrogen (secondary N) is 1. The molecule has 0 heterocycles. The zero-order valence-corrected chi connectivity index (χ0v) is 14.5. The monoisotopic (exact) mass is 443 g/mol. The van der Waals surface area contributed by atoms with Crippen LogP contribution in [0.15, 0.2) is 22.7 Å². The lowest BCUT2D eigenvalue weighted by Gasteiger charge is -2.07. The molecule has 5 heteroatoms. The third-order valence-electron chi connectivity index (χ3n) is 2.52. The van der Waals surface area contributed by atoms with E-state index in [1.807, 2.05) is 18.2 Å². The van der Waals surface area contributed by atoms with Gasteiger partial charge in [0, 0.05) is 20.5 Å². The fraction of sp³-hybridized carbons (Fsp3) is 0.462. The van der Waals surface area contributed by atoms with Gasteiger partial charge in [0.1, 0.15) is 0 Å². The molecule has 100 valence electrons. The standard InChI is InChI=1S/C13H16BrClINO/c14-10-5-6-12(16)11(9-10)13(18)17-8-4-2-1-3-7-15/h5-6,9H,1-4,7-8H2,(H,17,18). The highest BCUT2D eigenvalue weighted by Crippen LogP contribution is 2.18. The summed E-state index contributed by atoms with van der Waals surface area (Å²) in [5.74, 6) is 0.723. The summed E-state index contributed by atoms with van der Waals surface area (Å²) in [6.07, 6.45) is 4.31. The number of carbonyl (C=O) groups excluding carboxylic acids is 1. The van der Waals surface area contributed by atoms with E-state index in [4.69, 9.17) is 11.6 Å². The van der Waals surface area contributed by atoms with Gasteiger partial charge in [-0.2, -0.15) is 0 Å². The Labute approximate surface area is 135 Å². The zero-order chi connectivity index (χ0) is 13.4. The van der Waals surface area contributed by atoms with Crippen LogP contribution in [0.1, 0.15) is 36.0 Å². The van der Waals surface area contributed by atoms with Crippen LogP contribution < -0.4 is 5.32 Å². The molecular weight excluding hydrogens is 428 g/mol. The lowest BCUT2D eigenvalue weighted by molar-refractivity contribution is 0.0952. The third kappa shape index (κ3) is 5.89. The topological polar surface area (TPSA) is 29.1 Å². The van der Waals surface area contributed by atoms with Gasteiger partial charge in [-0.1, -0.05) is 28.8 Å². The molecule has 1 rings (SSSR count). The fourth-order valence-corrected chi connectivity index (χ4v) is 2.67. The highest BCUT2D eigenvalue weighted by Gasteiger charge is 2.09. The highest BCUT2D eigenvalue weighted by molar-refractivity contribution is 14.1. The quantitative estimate of drug-likeness (QED) is 0.372. The van der Waals surface area contributed by atoms with E-state index in [0.717, 1.165) is 51.7 Å². The maximum absolute atomic E-state index is 11.9. The van der Waals surface area contributed by atoms with Gasteiger partial charge in [0.2, 0.25) is 0 Å². The van der Waals surface area contributed by atoms with Crippen LogP contribution in [-0.4, -0.2) is 18.3 Å². The predicted octanol–water partition coefficient (Wildman–Crippen LogP) is 4.58. The summed E-state index contributed by atoms with van der Waals surface area (Å²) in [6, 6.07) is 5.72. The van der Waals surface area contributed by atoms with Crippen molar-refractivity contribution in [3.63, 3.8) is 0 Å². The van der Waals surface area contributed by atoms with Gasteiger partial charge in [0.05, 0.1) is 5.56 Å². The third-order valence-corrected chi connectivity index (χ3v) is 4.22. The lowest BCUT2D eigenvalue weighted by atomic mass is 10.2. The van der Waals surface area contributed by atoms with Crippen LogP contribution in [0.4, 0.5) is 0 Å². The first kappa shape index (κ1) is 16.2. The molecule has 0 aliphatic rings. The first-order valence-electron chi connectivity index (χ1n) is 5.94. The van der Waals surface area contributed by atoms with Crippen molar-refractivity contribution in [3.05, 3.63) is 31.8 Å². The molecule has 0 bridgehead atoms. The molecule has 0 radical (unpaired) electrons. The molecule has 0 aromatic heterocycles. The number of unbranched alkanes of at least 4 members (excludes halogenated alkanes) is 3. The molecule has 0 aliphatic carbocycles. The first-order valence-corrected chi connectivity index (χ1v) is 8.35. The second-order valence-corrected chi connectivity index (χ2v) is 6.44. The van der Waals surface area contributed by atoms with Crippen LogP contribution in [0.2, 0.25) is 0 Å². The van der Waals surface area contributed by atoms with Gasteiger partial charge < -0.3 is 5.32 Å². The van der Waals surface area contributed by atoms with E-state index in [2.05, 4.69) is 43.8 Å². The summed E-state index contributed by atoms with van der Waals surface area (Å²) in [5.41, 5.74) is 0.728. The minimum Gasteiger partial charge on any atom is -0.352 e. The minimum absolute atomic E-state index is 0.00181. The summed E-state index contributed by atoms with van der Waals surface area (Å²) < 4.78 is 1.89. The summed E-state index contributed by atoms with van der Waals surface area (Å²) in [5, 5.41) is 2.95. The smallest absolute Gasteiger partial charge is 0.252 e. The van der Waals surface area contributed by atoms with Gasteiger partial charge in [-0.15, -0.1) is 11.6 Å². The van der Waals surface area contributed by atoms with Crippen molar-refractivity contribution in [3.8, 4) is 0 Å². The average Bonchev–Trinajstić information content (AvgIpc) is 2.36. The Morgan fingerprint density at radius 1 is 1.28 bits per heavy atom. The molecule has 1 aromatic rings. The van der Waals surface area contributed by atoms with E-state index in [0.29, 0.717) is 0 Å². The molecule has 0 fully saturated rings. The number of rotatable bonds is 7. The Morgan fingerprint density at radius 2 is 2.00 bits per heavy atom. The van der Waals surface area contributed by atoms with Crippen molar-refractivity contribution < 1.29 is 4.79 Å². The first-order chi connectivity index (χ1) is 8.65. The Balaban J connectivity index is 2.34. The number of carbonyl (C=O) groups is 1. The highest BCUT2D eigenvalue weighted by atomic mass is 127. The van der Waals surface area contributed by atoms with Crippen molar-refractivity contribution in [2.45, 2.75) is 25.7 Å². The Bertz CT molecular complexity index is 401. The molecule has 0 aliphatic heterocycles. The second kappa shape index (κ2) is 9.15. The SMILES string of the molecule is O=C(NCCCCCCCl)c1cc(Br)ccc1I. The molecule has 2 nitrogen and oxygen atoms in total. The molecule has 1 N–H and O–H groups in total. The molecule has 0 saturated carbocycles. The molecule has 0 unspecified atom stereocenters. The normalized spacial score (nSPS) is 10.4. The van der Waals surface area contributed by atoms with Crippen molar-refractivity contribution >= 4 is 56.0 Å². The number of hydrogen-bond donors (Lipinski definition) is 1. The van der Waals surface area contributed by atoms with E-state index >= 15 is 0 Å². The number of amides is 1. The fourth-order valence-electron chi connectivity index (χ4n) is 1.54. The summed E-state index contributed by atoms with van der Waals surface area (Å²) >= 11 is 11.2. The minimum atomic E-state index is -0.00181. The number of alkyl halides is 1. The van der Waals surface area contributed by atoms with Crippen LogP contribution in [0.25, 0.3) is 0 Å². The zero-order valence-electron chi connectivity index (χ0n) is 10.0. The predicted molar refractivity (Wildman–Crippen MR) is 88.4 cm³/mol. The molecule has 18 heavy (non-hydrogen) atoms. The largest absolute Gasteiger partial charge is 0.352 e. The van der Waals surface area contributed by atoms with Gasteiger partial charge in [0.25, 0.3) is 5.91 Å². The average molecular weight is 445 g/mol. The van der Waals surface area contributed by atoms with Crippen molar-refractivity contribution in [1.82, 2.24) is 5.32 Å². The molecule has 0 saturated heterocycles. The van der Waals surface area contributed by atoms with E-state index in [1.165, 1.54) is 0 Å². The van der Waals surface area contributed by atoms with Crippen LogP contribution >= 0.6 is 50.1 Å². The Kier molecular flexibility index (Phi) is 8.26. The van der Waals surface area contributed by atoms with Crippen LogP contribution in [0, 0.1) is 3.57 Å². The van der Waals surface area contributed by atoms with Crippen LogP contribution in [0.5, 0.6) is 0 Å². The number of hydrogen-bond acceptors (Lipinski definition) is 1. The van der Waals surface area contributed by atoms with Gasteiger partial charge in [-0.05, 0) is 53.6 Å². The Hall–Kier alpha value is 0.190. The molecule has 1 aromatic carbocycles. The maximum Gasteiger partial charge on any atom is 0.252 e. The summed E-state index contributed by atoms with van der Waals surface area (Å²) in [6.45, 7) is 0.726. The molecule has 0 atom stereocenters. The van der Waals surface area contributed by atoms with Gasteiger partial charge >= 0.3 is 0 Å². The van der Waals surface area contributed by atoms with Crippen molar-refractivity contribution in [2.24, 2.45) is 0 Å². The van der Waals surface area contributed by atoms with E-state index in [9.17, 15) is 4.79 Å². The Morgan fingerprint density at radius 3 is 2.72 bits per heavy atom. The molecular formula is C13H16BrClINO. The number of benzene rings is 1. The van der Waals surface area contributed by atoms with Gasteiger partial charge in [-0.25, -0.2) is 0 Å². The number of halogens is 3. The van der Waals surface area contributed by atoms with E-state index < -0.39 is 0 Å². The molecule has 1 amide bonds. The van der Waals surface area contributed by atoms with Crippen LogP contribution in [-0.2, 0) is 0 Å². The van der Waals surface area contributed by atoms with E-state index in [1.54, 1.807) is 0 Å². The summed E-state index contributed by atoms with van der Waals surface area (Å²) in [4.78, 5) is 11.9. The maximum atomic E-state index is 11.9. The van der Waals surface area contributed by atoms with Crippen molar-refractivity contribution in [1.29, 1.82) is 0 Å². The van der Waals surface area contributed by atoms with E-state index in [-0.39, 0.29) is 5.91 Å². The van der Waals surface area contributed by atoms with Gasteiger partial charge in [0.15, 0.2) is 0 Å². The lowest BCUT2D eigenvalue weighted by Crippen LogP contribution is -2.25. The van der Waals surface area contributed by atoms with Gasteiger partial charge in [-0.3, -0.25) is 4.79 Å². The second-order valence-electron chi connectivity index (χ2n) is 3.98. The summed E-state index contributed by atoms with van der Waals surface area (Å²) in [7, 11) is 0. The molecule has 0 spiro atoms. The van der Waals surface area contributed by atoms with Crippen molar-refractivity contribution in [2.75, 3.05) is 12.4 Å².